The van der Waals surface area contributed by atoms with Crippen LogP contribution in [0.3, 0.4) is 0 Å². The van der Waals surface area contributed by atoms with E-state index >= 15 is 0 Å². The zero-order chi connectivity index (χ0) is 18.8. The van der Waals surface area contributed by atoms with E-state index in [-0.39, 0.29) is 11.8 Å². The first kappa shape index (κ1) is 17.7. The van der Waals surface area contributed by atoms with Crippen molar-refractivity contribution in [2.24, 2.45) is 5.92 Å². The molecule has 27 heavy (non-hydrogen) atoms. The molecule has 1 fully saturated rings. The number of nitrogens with one attached hydrogen (secondary N) is 1. The molecule has 8 heteroatoms. The highest BCUT2D eigenvalue weighted by atomic mass is 35.5. The van der Waals surface area contributed by atoms with Gasteiger partial charge >= 0.3 is 0 Å². The summed E-state index contributed by atoms with van der Waals surface area (Å²) in [5, 5.41) is 3.58. The maximum atomic E-state index is 12.6. The molecule has 3 heterocycles. The molecule has 3 aromatic rings. The van der Waals surface area contributed by atoms with Gasteiger partial charge in [0.15, 0.2) is 5.58 Å². The Hall–Kier alpha value is -2.67. The number of halogens is 1. The second-order valence-corrected chi connectivity index (χ2v) is 7.20. The summed E-state index contributed by atoms with van der Waals surface area (Å²) >= 11 is 6.01. The summed E-state index contributed by atoms with van der Waals surface area (Å²) in [6, 6.07) is 5.90. The van der Waals surface area contributed by atoms with Gasteiger partial charge in [0.05, 0.1) is 30.0 Å². The van der Waals surface area contributed by atoms with Gasteiger partial charge in [-0.2, -0.15) is 4.98 Å². The quantitative estimate of drug-likeness (QED) is 0.742. The SMILES string of the molecule is Cc1cnc(CNC(=O)C2CCCN(c3nc4cc(Cl)ccc4o3)C2)cn1. The lowest BCUT2D eigenvalue weighted by Gasteiger charge is -2.30. The molecule has 1 aromatic carbocycles. The Balaban J connectivity index is 1.40. The van der Waals surface area contributed by atoms with Gasteiger partial charge in [-0.25, -0.2) is 0 Å². The Labute approximate surface area is 161 Å². The largest absolute Gasteiger partial charge is 0.423 e. The van der Waals surface area contributed by atoms with Gasteiger partial charge in [0.25, 0.3) is 6.01 Å². The summed E-state index contributed by atoms with van der Waals surface area (Å²) in [6.45, 7) is 3.65. The summed E-state index contributed by atoms with van der Waals surface area (Å²) in [7, 11) is 0. The molecular weight excluding hydrogens is 366 g/mol. The van der Waals surface area contributed by atoms with Crippen LogP contribution in [0.2, 0.25) is 5.02 Å². The standard InChI is InChI=1S/C19H20ClN5O2/c1-12-8-22-15(9-21-12)10-23-18(26)13-3-2-6-25(11-13)19-24-16-7-14(20)4-5-17(16)27-19/h4-5,7-9,13H,2-3,6,10-11H2,1H3,(H,23,26). The molecule has 4 rings (SSSR count). The normalized spacial score (nSPS) is 17.3. The van der Waals surface area contributed by atoms with Gasteiger partial charge in [0, 0.05) is 24.3 Å². The topological polar surface area (TPSA) is 84.2 Å². The van der Waals surface area contributed by atoms with Crippen LogP contribution in [-0.2, 0) is 11.3 Å². The minimum absolute atomic E-state index is 0.0150. The van der Waals surface area contributed by atoms with Crippen LogP contribution in [0.25, 0.3) is 11.1 Å². The fourth-order valence-electron chi connectivity index (χ4n) is 3.22. The summed E-state index contributed by atoms with van der Waals surface area (Å²) in [6.07, 6.45) is 5.13. The number of anilines is 1. The molecule has 0 bridgehead atoms. The van der Waals surface area contributed by atoms with E-state index in [1.165, 1.54) is 0 Å². The van der Waals surface area contributed by atoms with Crippen molar-refractivity contribution in [2.75, 3.05) is 18.0 Å². The number of aryl methyl sites for hydroxylation is 1. The average molecular weight is 386 g/mol. The Morgan fingerprint density at radius 1 is 1.37 bits per heavy atom. The Kier molecular flexibility index (Phi) is 4.94. The number of nitrogens with zero attached hydrogens (tertiary/aromatic N) is 4. The summed E-state index contributed by atoms with van der Waals surface area (Å²) < 4.78 is 5.84. The molecule has 2 aromatic heterocycles. The second kappa shape index (κ2) is 7.52. The molecule has 0 spiro atoms. The highest BCUT2D eigenvalue weighted by Crippen LogP contribution is 2.28. The zero-order valence-electron chi connectivity index (χ0n) is 15.0. The van der Waals surface area contributed by atoms with E-state index in [2.05, 4.69) is 20.3 Å². The summed E-state index contributed by atoms with van der Waals surface area (Å²) in [5.41, 5.74) is 3.02. The maximum Gasteiger partial charge on any atom is 0.298 e. The molecule has 1 aliphatic rings. The number of aromatic nitrogens is 3. The van der Waals surface area contributed by atoms with Crippen molar-refractivity contribution >= 4 is 34.6 Å². The number of carbonyl (C=O) groups is 1. The van der Waals surface area contributed by atoms with E-state index in [0.717, 1.165) is 36.3 Å². The minimum Gasteiger partial charge on any atom is -0.423 e. The highest BCUT2D eigenvalue weighted by Gasteiger charge is 2.28. The van der Waals surface area contributed by atoms with Gasteiger partial charge in [-0.05, 0) is 38.0 Å². The van der Waals surface area contributed by atoms with Gasteiger partial charge in [-0.1, -0.05) is 11.6 Å². The van der Waals surface area contributed by atoms with E-state index in [1.54, 1.807) is 24.5 Å². The van der Waals surface area contributed by atoms with Crippen molar-refractivity contribution in [3.8, 4) is 0 Å². The molecule has 1 N–H and O–H groups in total. The molecule has 1 unspecified atom stereocenters. The Morgan fingerprint density at radius 2 is 2.26 bits per heavy atom. The lowest BCUT2D eigenvalue weighted by Crippen LogP contribution is -2.43. The summed E-state index contributed by atoms with van der Waals surface area (Å²) in [5.74, 6) is -0.100. The van der Waals surface area contributed by atoms with Crippen LogP contribution in [-0.4, -0.2) is 33.9 Å². The van der Waals surface area contributed by atoms with Crippen LogP contribution in [0.15, 0.2) is 35.0 Å². The fraction of sp³-hybridized carbons (Fsp3) is 0.368. The number of amides is 1. The van der Waals surface area contributed by atoms with Crippen molar-refractivity contribution in [3.05, 3.63) is 47.0 Å². The van der Waals surface area contributed by atoms with Crippen LogP contribution < -0.4 is 10.2 Å². The monoisotopic (exact) mass is 385 g/mol. The van der Waals surface area contributed by atoms with Gasteiger partial charge in [0.2, 0.25) is 5.91 Å². The van der Waals surface area contributed by atoms with Crippen molar-refractivity contribution < 1.29 is 9.21 Å². The smallest absolute Gasteiger partial charge is 0.298 e. The molecule has 0 aliphatic carbocycles. The first-order valence-corrected chi connectivity index (χ1v) is 9.32. The molecule has 7 nitrogen and oxygen atoms in total. The van der Waals surface area contributed by atoms with E-state index < -0.39 is 0 Å². The molecule has 0 radical (unpaired) electrons. The van der Waals surface area contributed by atoms with Gasteiger partial charge < -0.3 is 14.6 Å². The van der Waals surface area contributed by atoms with Crippen molar-refractivity contribution in [1.29, 1.82) is 0 Å². The molecule has 1 aliphatic heterocycles. The third kappa shape index (κ3) is 4.03. The Bertz CT molecular complexity index is 956. The highest BCUT2D eigenvalue weighted by molar-refractivity contribution is 6.31. The van der Waals surface area contributed by atoms with Gasteiger partial charge in [0.1, 0.15) is 5.52 Å². The number of carbonyl (C=O) groups excluding carboxylic acids is 1. The van der Waals surface area contributed by atoms with Gasteiger partial charge in [-0.3, -0.25) is 14.8 Å². The number of piperidine rings is 1. The van der Waals surface area contributed by atoms with Gasteiger partial charge in [-0.15, -0.1) is 0 Å². The van der Waals surface area contributed by atoms with Crippen LogP contribution in [0.4, 0.5) is 6.01 Å². The fourth-order valence-corrected chi connectivity index (χ4v) is 3.39. The predicted octanol–water partition coefficient (Wildman–Crippen LogP) is 3.11. The molecular formula is C19H20ClN5O2. The molecule has 1 saturated heterocycles. The van der Waals surface area contributed by atoms with Crippen molar-refractivity contribution in [2.45, 2.75) is 26.3 Å². The molecule has 1 amide bonds. The predicted molar refractivity (Wildman–Crippen MR) is 103 cm³/mol. The maximum absolute atomic E-state index is 12.6. The van der Waals surface area contributed by atoms with Crippen molar-refractivity contribution in [3.63, 3.8) is 0 Å². The molecule has 1 atom stereocenters. The third-order valence-corrected chi connectivity index (χ3v) is 4.91. The Morgan fingerprint density at radius 3 is 3.07 bits per heavy atom. The van der Waals surface area contributed by atoms with E-state index in [4.69, 9.17) is 16.0 Å². The van der Waals surface area contributed by atoms with E-state index in [1.807, 2.05) is 17.9 Å². The van der Waals surface area contributed by atoms with E-state index in [9.17, 15) is 4.79 Å². The second-order valence-electron chi connectivity index (χ2n) is 6.76. The number of benzene rings is 1. The van der Waals surface area contributed by atoms with Crippen LogP contribution in [0.5, 0.6) is 0 Å². The number of fused-ring (bicyclic) bond motifs is 1. The van der Waals surface area contributed by atoms with Crippen molar-refractivity contribution in [1.82, 2.24) is 20.3 Å². The number of rotatable bonds is 4. The number of oxazole rings is 1. The first-order valence-electron chi connectivity index (χ1n) is 8.95. The lowest BCUT2D eigenvalue weighted by molar-refractivity contribution is -0.125. The third-order valence-electron chi connectivity index (χ3n) is 4.68. The summed E-state index contributed by atoms with van der Waals surface area (Å²) in [4.78, 5) is 27.6. The lowest BCUT2D eigenvalue weighted by atomic mass is 9.97. The van der Waals surface area contributed by atoms with Crippen LogP contribution in [0.1, 0.15) is 24.2 Å². The zero-order valence-corrected chi connectivity index (χ0v) is 15.7. The first-order chi connectivity index (χ1) is 13.1. The van der Waals surface area contributed by atoms with Crippen LogP contribution in [0, 0.1) is 12.8 Å². The number of hydrogen-bond donors (Lipinski definition) is 1. The van der Waals surface area contributed by atoms with Crippen LogP contribution >= 0.6 is 11.6 Å². The van der Waals surface area contributed by atoms with E-state index in [0.29, 0.717) is 29.7 Å². The molecule has 140 valence electrons. The molecule has 0 saturated carbocycles. The number of hydrogen-bond acceptors (Lipinski definition) is 6. The average Bonchev–Trinajstić information content (AvgIpc) is 3.10. The minimum atomic E-state index is -0.115.